The highest BCUT2D eigenvalue weighted by Crippen LogP contribution is 2.30. The van der Waals surface area contributed by atoms with Crippen LogP contribution in [0.5, 0.6) is 17.2 Å². The van der Waals surface area contributed by atoms with E-state index in [1.165, 1.54) is 25.6 Å². The number of para-hydroxylation sites is 1. The molecule has 0 aliphatic heterocycles. The van der Waals surface area contributed by atoms with Crippen LogP contribution in [0.25, 0.3) is 10.2 Å². The minimum Gasteiger partial charge on any atom is -0.496 e. The normalized spacial score (nSPS) is 11.6. The molecule has 28 heavy (non-hydrogen) atoms. The van der Waals surface area contributed by atoms with Crippen molar-refractivity contribution in [2.75, 3.05) is 35.0 Å². The van der Waals surface area contributed by atoms with Gasteiger partial charge in [0.1, 0.15) is 28.3 Å². The fourth-order valence-corrected chi connectivity index (χ4v) is 4.01. The largest absolute Gasteiger partial charge is 0.496 e. The Morgan fingerprint density at radius 1 is 0.964 bits per heavy atom. The van der Waals surface area contributed by atoms with Crippen molar-refractivity contribution in [3.63, 3.8) is 0 Å². The number of ether oxygens (including phenoxy) is 4. The molecule has 1 amide bonds. The van der Waals surface area contributed by atoms with Crippen LogP contribution >= 0.6 is 11.3 Å². The Labute approximate surface area is 166 Å². The predicted molar refractivity (Wildman–Crippen MR) is 108 cm³/mol. The highest BCUT2D eigenvalue weighted by Gasteiger charge is 2.19. The van der Waals surface area contributed by atoms with Gasteiger partial charge in [-0.15, -0.1) is 0 Å². The van der Waals surface area contributed by atoms with E-state index in [1.54, 1.807) is 32.4 Å². The Morgan fingerprint density at radius 3 is 2.18 bits per heavy atom. The summed E-state index contributed by atoms with van der Waals surface area (Å²) in [6.07, 6.45) is 0. The molecule has 0 bridgehead atoms. The first-order valence-electron chi connectivity index (χ1n) is 8.60. The molecule has 0 saturated heterocycles. The van der Waals surface area contributed by atoms with Gasteiger partial charge in [0.2, 0.25) is 0 Å². The molecule has 7 nitrogen and oxygen atoms in total. The number of carbonyl (C=O) groups excluding carboxylic acids is 1. The van der Waals surface area contributed by atoms with Crippen molar-refractivity contribution in [3.05, 3.63) is 46.8 Å². The van der Waals surface area contributed by atoms with Gasteiger partial charge < -0.3 is 23.5 Å². The topological polar surface area (TPSA) is 71.3 Å². The zero-order valence-corrected chi connectivity index (χ0v) is 17.0. The Hall–Kier alpha value is -2.84. The van der Waals surface area contributed by atoms with Crippen molar-refractivity contribution in [1.29, 1.82) is 0 Å². The first kappa shape index (κ1) is 19.9. The maximum Gasteiger partial charge on any atom is 0.287 e. The second kappa shape index (κ2) is 8.90. The number of fused-ring (bicyclic) bond motifs is 1. The average Bonchev–Trinajstić information content (AvgIpc) is 3.08. The molecule has 0 N–H and O–H groups in total. The molecule has 1 aromatic heterocycles. The zero-order valence-electron chi connectivity index (χ0n) is 16.2. The van der Waals surface area contributed by atoms with Crippen LogP contribution in [-0.4, -0.2) is 45.5 Å². The van der Waals surface area contributed by atoms with Gasteiger partial charge in [-0.1, -0.05) is 23.5 Å². The highest BCUT2D eigenvalue weighted by atomic mass is 32.1. The monoisotopic (exact) mass is 402 g/mol. The summed E-state index contributed by atoms with van der Waals surface area (Å²) in [6, 6.07) is 10.9. The van der Waals surface area contributed by atoms with Crippen LogP contribution in [0, 0.1) is 0 Å². The van der Waals surface area contributed by atoms with Crippen molar-refractivity contribution in [2.45, 2.75) is 6.54 Å². The molecule has 3 rings (SSSR count). The molecule has 8 heteroatoms. The maximum atomic E-state index is 13.0. The number of hydrogen-bond donors (Lipinski definition) is 0. The average molecular weight is 402 g/mol. The molecule has 0 radical (unpaired) electrons. The van der Waals surface area contributed by atoms with E-state index in [1.807, 2.05) is 22.8 Å². The lowest BCUT2D eigenvalue weighted by Crippen LogP contribution is -2.20. The fourth-order valence-electron chi connectivity index (χ4n) is 2.94. The van der Waals surface area contributed by atoms with Gasteiger partial charge in [0.25, 0.3) is 5.91 Å². The van der Waals surface area contributed by atoms with Crippen LogP contribution in [0.1, 0.15) is 10.4 Å². The quantitative estimate of drug-likeness (QED) is 0.607. The van der Waals surface area contributed by atoms with E-state index < -0.39 is 5.91 Å². The number of aromatic nitrogens is 1. The van der Waals surface area contributed by atoms with Gasteiger partial charge in [0.05, 0.1) is 32.6 Å². The number of thiazole rings is 1. The molecule has 0 saturated carbocycles. The van der Waals surface area contributed by atoms with E-state index in [9.17, 15) is 4.79 Å². The molecule has 0 aliphatic carbocycles. The van der Waals surface area contributed by atoms with Crippen molar-refractivity contribution >= 4 is 27.5 Å². The molecule has 2 aromatic carbocycles. The molecule has 0 atom stereocenters. The summed E-state index contributed by atoms with van der Waals surface area (Å²) in [6.45, 7) is 1.01. The lowest BCUT2D eigenvalue weighted by atomic mass is 10.1. The minimum atomic E-state index is -0.439. The third-order valence-electron chi connectivity index (χ3n) is 4.24. The molecule has 0 unspecified atom stereocenters. The van der Waals surface area contributed by atoms with E-state index in [0.29, 0.717) is 35.2 Å². The van der Waals surface area contributed by atoms with Crippen molar-refractivity contribution < 1.29 is 23.7 Å². The van der Waals surface area contributed by atoms with E-state index in [2.05, 4.69) is 4.99 Å². The van der Waals surface area contributed by atoms with Gasteiger partial charge >= 0.3 is 0 Å². The number of methoxy groups -OCH3 is 4. The summed E-state index contributed by atoms with van der Waals surface area (Å²) in [4.78, 5) is 18.0. The van der Waals surface area contributed by atoms with Crippen LogP contribution in [0.3, 0.4) is 0 Å². The number of hydrogen-bond acceptors (Lipinski definition) is 6. The molecule has 0 spiro atoms. The lowest BCUT2D eigenvalue weighted by molar-refractivity contribution is 0.0991. The number of rotatable bonds is 7. The van der Waals surface area contributed by atoms with Crippen LogP contribution in [-0.2, 0) is 11.3 Å². The van der Waals surface area contributed by atoms with E-state index in [0.717, 1.165) is 10.2 Å². The molecule has 0 fully saturated rings. The van der Waals surface area contributed by atoms with Crippen molar-refractivity contribution in [3.8, 4) is 17.2 Å². The molecular formula is C20H22N2O5S. The molecular weight excluding hydrogens is 380 g/mol. The molecule has 1 heterocycles. The van der Waals surface area contributed by atoms with E-state index >= 15 is 0 Å². The van der Waals surface area contributed by atoms with Crippen LogP contribution < -0.4 is 19.0 Å². The summed E-state index contributed by atoms with van der Waals surface area (Å²) in [5.74, 6) is 1.10. The van der Waals surface area contributed by atoms with Crippen LogP contribution in [0.15, 0.2) is 41.4 Å². The number of amides is 1. The maximum absolute atomic E-state index is 13.0. The Morgan fingerprint density at radius 2 is 1.57 bits per heavy atom. The summed E-state index contributed by atoms with van der Waals surface area (Å²) < 4.78 is 24.3. The van der Waals surface area contributed by atoms with Gasteiger partial charge in [-0.05, 0) is 24.3 Å². The van der Waals surface area contributed by atoms with E-state index in [4.69, 9.17) is 18.9 Å². The first-order chi connectivity index (χ1) is 13.6. The number of nitrogens with zero attached hydrogens (tertiary/aromatic N) is 2. The number of benzene rings is 2. The Kier molecular flexibility index (Phi) is 6.33. The van der Waals surface area contributed by atoms with Gasteiger partial charge in [-0.3, -0.25) is 4.79 Å². The van der Waals surface area contributed by atoms with Crippen molar-refractivity contribution in [1.82, 2.24) is 4.57 Å². The molecule has 0 aliphatic rings. The van der Waals surface area contributed by atoms with Crippen LogP contribution in [0.4, 0.5) is 0 Å². The van der Waals surface area contributed by atoms with Gasteiger partial charge in [0, 0.05) is 13.7 Å². The van der Waals surface area contributed by atoms with Crippen molar-refractivity contribution in [2.24, 2.45) is 4.99 Å². The number of carbonyl (C=O) groups is 1. The lowest BCUT2D eigenvalue weighted by Gasteiger charge is -2.10. The summed E-state index contributed by atoms with van der Waals surface area (Å²) >= 11 is 1.41. The smallest absolute Gasteiger partial charge is 0.287 e. The Bertz CT molecular complexity index is 1030. The standard InChI is InChI=1S/C20H22N2O5S/c1-24-12-11-22-18-15(27-4)9-6-10-16(18)28-20(22)21-19(23)17-13(25-2)7-5-8-14(17)26-3/h5-10H,11-12H2,1-4H3. The van der Waals surface area contributed by atoms with Gasteiger partial charge in [-0.2, -0.15) is 4.99 Å². The predicted octanol–water partition coefficient (Wildman–Crippen LogP) is 3.12. The van der Waals surface area contributed by atoms with Gasteiger partial charge in [-0.25, -0.2) is 0 Å². The molecule has 3 aromatic rings. The Balaban J connectivity index is 2.21. The SMILES string of the molecule is COCCn1c(=NC(=O)c2c(OC)cccc2OC)sc2cccc(OC)c21. The summed E-state index contributed by atoms with van der Waals surface area (Å²) in [7, 11) is 6.27. The molecule has 148 valence electrons. The third kappa shape index (κ3) is 3.74. The van der Waals surface area contributed by atoms with E-state index in [-0.39, 0.29) is 5.56 Å². The second-order valence-corrected chi connectivity index (χ2v) is 6.80. The fraction of sp³-hybridized carbons (Fsp3) is 0.300. The minimum absolute atomic E-state index is 0.287. The first-order valence-corrected chi connectivity index (χ1v) is 9.41. The summed E-state index contributed by atoms with van der Waals surface area (Å²) in [5, 5.41) is 0. The van der Waals surface area contributed by atoms with Crippen LogP contribution in [0.2, 0.25) is 0 Å². The highest BCUT2D eigenvalue weighted by molar-refractivity contribution is 7.16. The zero-order chi connectivity index (χ0) is 20.1. The summed E-state index contributed by atoms with van der Waals surface area (Å²) in [5.41, 5.74) is 1.17. The third-order valence-corrected chi connectivity index (χ3v) is 5.29. The van der Waals surface area contributed by atoms with Gasteiger partial charge in [0.15, 0.2) is 4.80 Å². The second-order valence-electron chi connectivity index (χ2n) is 5.79.